The SMILES string of the molecule is C\C=C/C=C(CS(=O)CC(N)=O)\C(Br)=C/CC. The van der Waals surface area contributed by atoms with Crippen molar-refractivity contribution >= 4 is 32.6 Å². The third kappa shape index (κ3) is 8.10. The van der Waals surface area contributed by atoms with Gasteiger partial charge in [0.1, 0.15) is 5.75 Å². The Morgan fingerprint density at radius 3 is 2.53 bits per heavy atom. The van der Waals surface area contributed by atoms with Gasteiger partial charge >= 0.3 is 0 Å². The number of amides is 1. The number of carbonyl (C=O) groups excluding carboxylic acids is 1. The second kappa shape index (κ2) is 9.36. The third-order valence-electron chi connectivity index (χ3n) is 1.80. The van der Waals surface area contributed by atoms with E-state index in [9.17, 15) is 9.00 Å². The minimum atomic E-state index is -1.26. The Bertz CT molecular complexity index is 373. The zero-order chi connectivity index (χ0) is 13.3. The summed E-state index contributed by atoms with van der Waals surface area (Å²) in [5, 5.41) is 0. The average molecular weight is 320 g/mol. The summed E-state index contributed by atoms with van der Waals surface area (Å²) in [6.45, 7) is 3.93. The van der Waals surface area contributed by atoms with Gasteiger partial charge in [-0.25, -0.2) is 0 Å². The normalized spacial score (nSPS) is 15.2. The summed E-state index contributed by atoms with van der Waals surface area (Å²) < 4.78 is 12.5. The van der Waals surface area contributed by atoms with Gasteiger partial charge in [-0.2, -0.15) is 0 Å². The Balaban J connectivity index is 4.78. The maximum atomic E-state index is 11.6. The number of halogens is 1. The molecule has 0 heterocycles. The van der Waals surface area contributed by atoms with E-state index in [4.69, 9.17) is 5.73 Å². The topological polar surface area (TPSA) is 60.2 Å². The Morgan fingerprint density at radius 2 is 2.06 bits per heavy atom. The summed E-state index contributed by atoms with van der Waals surface area (Å²) in [4.78, 5) is 10.7. The van der Waals surface area contributed by atoms with E-state index in [0.717, 1.165) is 16.5 Å². The van der Waals surface area contributed by atoms with Crippen LogP contribution in [0.15, 0.2) is 34.4 Å². The van der Waals surface area contributed by atoms with Crippen LogP contribution in [0, 0.1) is 0 Å². The summed E-state index contributed by atoms with van der Waals surface area (Å²) in [5.74, 6) is -0.312. The van der Waals surface area contributed by atoms with E-state index in [1.165, 1.54) is 0 Å². The molecule has 0 radical (unpaired) electrons. The molecule has 1 atom stereocenters. The number of nitrogens with two attached hydrogens (primary N) is 1. The Labute approximate surface area is 113 Å². The molecule has 0 aliphatic carbocycles. The molecular weight excluding hydrogens is 302 g/mol. The zero-order valence-corrected chi connectivity index (χ0v) is 12.5. The van der Waals surface area contributed by atoms with Crippen LogP contribution < -0.4 is 5.73 Å². The Kier molecular flexibility index (Phi) is 8.99. The first-order chi connectivity index (χ1) is 8.01. The van der Waals surface area contributed by atoms with E-state index in [1.54, 1.807) is 0 Å². The first-order valence-corrected chi connectivity index (χ1v) is 7.60. The van der Waals surface area contributed by atoms with E-state index in [1.807, 2.05) is 38.2 Å². The van der Waals surface area contributed by atoms with Crippen LogP contribution in [0.25, 0.3) is 0 Å². The third-order valence-corrected chi connectivity index (χ3v) is 3.87. The molecule has 0 saturated heterocycles. The maximum Gasteiger partial charge on any atom is 0.230 e. The fraction of sp³-hybridized carbons (Fsp3) is 0.417. The number of allylic oxidation sites excluding steroid dienone is 5. The van der Waals surface area contributed by atoms with E-state index < -0.39 is 16.7 Å². The predicted octanol–water partition coefficient (Wildman–Crippen LogP) is 2.41. The van der Waals surface area contributed by atoms with Gasteiger partial charge < -0.3 is 5.73 Å². The monoisotopic (exact) mass is 319 g/mol. The van der Waals surface area contributed by atoms with E-state index in [2.05, 4.69) is 15.9 Å². The molecule has 3 nitrogen and oxygen atoms in total. The largest absolute Gasteiger partial charge is 0.369 e. The van der Waals surface area contributed by atoms with Crippen LogP contribution in [-0.4, -0.2) is 21.6 Å². The minimum Gasteiger partial charge on any atom is -0.369 e. The lowest BCUT2D eigenvalue weighted by atomic mass is 10.2. The lowest BCUT2D eigenvalue weighted by Crippen LogP contribution is -2.21. The fourth-order valence-corrected chi connectivity index (χ4v) is 2.90. The van der Waals surface area contributed by atoms with Gasteiger partial charge in [0.2, 0.25) is 5.91 Å². The second-order valence-electron chi connectivity index (χ2n) is 3.37. The summed E-state index contributed by atoms with van der Waals surface area (Å²) >= 11 is 3.44. The van der Waals surface area contributed by atoms with Crippen molar-refractivity contribution in [3.05, 3.63) is 34.4 Å². The molecular formula is C12H18BrNO2S. The highest BCUT2D eigenvalue weighted by Crippen LogP contribution is 2.19. The Hall–Kier alpha value is -0.680. The molecule has 0 saturated carbocycles. The molecule has 0 rings (SSSR count). The van der Waals surface area contributed by atoms with Gasteiger partial charge in [0.25, 0.3) is 0 Å². The molecule has 0 aromatic heterocycles. The van der Waals surface area contributed by atoms with E-state index >= 15 is 0 Å². The molecule has 0 aromatic rings. The Morgan fingerprint density at radius 1 is 1.41 bits per heavy atom. The van der Waals surface area contributed by atoms with Gasteiger partial charge in [-0.1, -0.05) is 47.2 Å². The number of rotatable bonds is 7. The van der Waals surface area contributed by atoms with Gasteiger partial charge in [-0.3, -0.25) is 9.00 Å². The van der Waals surface area contributed by atoms with Crippen LogP contribution >= 0.6 is 15.9 Å². The molecule has 0 bridgehead atoms. The van der Waals surface area contributed by atoms with Crippen LogP contribution in [0.1, 0.15) is 20.3 Å². The summed E-state index contributed by atoms with van der Waals surface area (Å²) in [6, 6.07) is 0. The minimum absolute atomic E-state index is 0.0976. The first kappa shape index (κ1) is 16.3. The maximum absolute atomic E-state index is 11.6. The predicted molar refractivity (Wildman–Crippen MR) is 77.3 cm³/mol. The van der Waals surface area contributed by atoms with Crippen molar-refractivity contribution in [3.8, 4) is 0 Å². The van der Waals surface area contributed by atoms with Gasteiger partial charge in [-0.15, -0.1) is 0 Å². The van der Waals surface area contributed by atoms with Crippen molar-refractivity contribution < 1.29 is 9.00 Å². The summed E-state index contributed by atoms with van der Waals surface area (Å²) in [7, 11) is -1.26. The lowest BCUT2D eigenvalue weighted by molar-refractivity contribution is -0.115. The van der Waals surface area contributed by atoms with Crippen molar-refractivity contribution in [2.45, 2.75) is 20.3 Å². The number of hydrogen-bond acceptors (Lipinski definition) is 2. The van der Waals surface area contributed by atoms with E-state index in [0.29, 0.717) is 5.75 Å². The molecule has 0 fully saturated rings. The summed E-state index contributed by atoms with van der Waals surface area (Å²) in [5.41, 5.74) is 5.92. The number of primary amides is 1. The summed E-state index contributed by atoms with van der Waals surface area (Å²) in [6.07, 6.45) is 8.53. The zero-order valence-electron chi connectivity index (χ0n) is 10.1. The van der Waals surface area contributed by atoms with E-state index in [-0.39, 0.29) is 5.75 Å². The number of hydrogen-bond donors (Lipinski definition) is 1. The van der Waals surface area contributed by atoms with Crippen LogP contribution in [0.4, 0.5) is 0 Å². The van der Waals surface area contributed by atoms with Gasteiger partial charge in [0.15, 0.2) is 0 Å². The van der Waals surface area contributed by atoms with Crippen LogP contribution in [-0.2, 0) is 15.6 Å². The molecule has 0 spiro atoms. The highest BCUT2D eigenvalue weighted by Gasteiger charge is 2.09. The van der Waals surface area contributed by atoms with Gasteiger partial charge in [0.05, 0.1) is 5.75 Å². The molecule has 1 unspecified atom stereocenters. The average Bonchev–Trinajstić information content (AvgIpc) is 2.23. The molecule has 0 aromatic carbocycles. The van der Waals surface area contributed by atoms with Crippen molar-refractivity contribution in [2.24, 2.45) is 5.73 Å². The quantitative estimate of drug-likeness (QED) is 0.732. The van der Waals surface area contributed by atoms with Gasteiger partial charge in [0, 0.05) is 15.3 Å². The highest BCUT2D eigenvalue weighted by atomic mass is 79.9. The molecule has 2 N–H and O–H groups in total. The number of carbonyl (C=O) groups is 1. The van der Waals surface area contributed by atoms with Gasteiger partial charge in [-0.05, 0) is 18.9 Å². The lowest BCUT2D eigenvalue weighted by Gasteiger charge is -2.05. The molecule has 5 heteroatoms. The fourth-order valence-electron chi connectivity index (χ4n) is 1.10. The molecule has 0 aliphatic rings. The standard InChI is InChI=1S/C12H18BrNO2S/c1-3-5-7-10(11(13)6-4-2)8-17(16)9-12(14)15/h3,5-7H,4,8-9H2,1-2H3,(H2,14,15)/b5-3-,10-7-,11-6+. The van der Waals surface area contributed by atoms with Crippen LogP contribution in [0.5, 0.6) is 0 Å². The van der Waals surface area contributed by atoms with Crippen LogP contribution in [0.3, 0.4) is 0 Å². The molecule has 17 heavy (non-hydrogen) atoms. The molecule has 0 aliphatic heterocycles. The first-order valence-electron chi connectivity index (χ1n) is 5.32. The van der Waals surface area contributed by atoms with Crippen molar-refractivity contribution in [1.82, 2.24) is 0 Å². The van der Waals surface area contributed by atoms with Crippen LogP contribution in [0.2, 0.25) is 0 Å². The molecule has 96 valence electrons. The highest BCUT2D eigenvalue weighted by molar-refractivity contribution is 9.12. The van der Waals surface area contributed by atoms with Crippen molar-refractivity contribution in [2.75, 3.05) is 11.5 Å². The smallest absolute Gasteiger partial charge is 0.230 e. The van der Waals surface area contributed by atoms with Crippen molar-refractivity contribution in [1.29, 1.82) is 0 Å². The second-order valence-corrected chi connectivity index (χ2v) is 5.68. The van der Waals surface area contributed by atoms with Crippen molar-refractivity contribution in [3.63, 3.8) is 0 Å². The molecule has 1 amide bonds.